The van der Waals surface area contributed by atoms with E-state index in [-0.39, 0.29) is 22.8 Å². The molecule has 1 atom stereocenters. The van der Waals surface area contributed by atoms with Crippen LogP contribution in [0.2, 0.25) is 0 Å². The first-order valence-corrected chi connectivity index (χ1v) is 14.8. The maximum atomic E-state index is 12.8. The average molecular weight is 601 g/mol. The van der Waals surface area contributed by atoms with Crippen molar-refractivity contribution >= 4 is 45.4 Å². The first-order chi connectivity index (χ1) is 19.4. The highest BCUT2D eigenvalue weighted by Crippen LogP contribution is 2.22. The molecule has 216 valence electrons. The predicted molar refractivity (Wildman–Crippen MR) is 151 cm³/mol. The van der Waals surface area contributed by atoms with Crippen molar-refractivity contribution in [3.63, 3.8) is 0 Å². The van der Waals surface area contributed by atoms with Gasteiger partial charge in [0.2, 0.25) is 10.0 Å². The van der Waals surface area contributed by atoms with Crippen LogP contribution < -0.4 is 10.0 Å². The number of ketones is 1. The van der Waals surface area contributed by atoms with E-state index in [1.165, 1.54) is 36.0 Å². The number of hydrogen-bond donors (Lipinski definition) is 5. The summed E-state index contributed by atoms with van der Waals surface area (Å²) in [4.78, 5) is 47.7. The van der Waals surface area contributed by atoms with E-state index < -0.39 is 57.4 Å². The zero-order chi connectivity index (χ0) is 30.2. The number of thioether (sulfide) groups is 1. The van der Waals surface area contributed by atoms with E-state index in [9.17, 15) is 37.8 Å². The first-order valence-electron chi connectivity index (χ1n) is 12.2. The van der Waals surface area contributed by atoms with Gasteiger partial charge in [-0.15, -0.1) is 11.8 Å². The summed E-state index contributed by atoms with van der Waals surface area (Å²) in [7, 11) is -4.12. The van der Waals surface area contributed by atoms with Gasteiger partial charge in [-0.1, -0.05) is 36.4 Å². The minimum absolute atomic E-state index is 0.0145. The Morgan fingerprint density at radius 3 is 2.27 bits per heavy atom. The highest BCUT2D eigenvalue weighted by atomic mass is 32.2. The Bertz CT molecular complexity index is 1550. The van der Waals surface area contributed by atoms with Crippen molar-refractivity contribution in [2.75, 3.05) is 5.75 Å². The molecular formula is C28H28N2O9S2. The van der Waals surface area contributed by atoms with Crippen molar-refractivity contribution in [3.8, 4) is 5.75 Å². The number of aryl methyl sites for hydroxylation is 1. The van der Waals surface area contributed by atoms with Crippen molar-refractivity contribution in [2.24, 2.45) is 0 Å². The lowest BCUT2D eigenvalue weighted by atomic mass is 10.1. The fourth-order valence-corrected chi connectivity index (χ4v) is 5.78. The standard InChI is InChI=1S/C28H28N2O9S2/c1-17-4-2-3-5-20(17)15-40-16-25(32)23(13-26(33)34)30-27(35)19-8-6-18(7-9-19)14-29-41(38,39)21-10-11-24(31)22(12-21)28(36)37/h2-12,23,29,31H,13-16H2,1H3,(H,30,35)(H,33,34)(H,36,37). The quantitative estimate of drug-likeness (QED) is 0.184. The highest BCUT2D eigenvalue weighted by molar-refractivity contribution is 7.99. The van der Waals surface area contributed by atoms with E-state index in [2.05, 4.69) is 10.0 Å². The minimum Gasteiger partial charge on any atom is -0.507 e. The van der Waals surface area contributed by atoms with Crippen molar-refractivity contribution < 1.29 is 42.9 Å². The van der Waals surface area contributed by atoms with Gasteiger partial charge in [-0.25, -0.2) is 17.9 Å². The third kappa shape index (κ3) is 8.90. The Labute approximate surface area is 240 Å². The topological polar surface area (TPSA) is 187 Å². The number of carboxylic acids is 2. The van der Waals surface area contributed by atoms with Gasteiger partial charge in [0.05, 0.1) is 23.1 Å². The number of aromatic hydroxyl groups is 1. The largest absolute Gasteiger partial charge is 0.507 e. The molecule has 0 saturated heterocycles. The molecule has 0 aliphatic rings. The number of amides is 1. The fourth-order valence-electron chi connectivity index (χ4n) is 3.69. The van der Waals surface area contributed by atoms with Crippen molar-refractivity contribution in [3.05, 3.63) is 94.5 Å². The molecule has 0 spiro atoms. The van der Waals surface area contributed by atoms with Crippen molar-refractivity contribution in [1.29, 1.82) is 0 Å². The SMILES string of the molecule is Cc1ccccc1CSCC(=O)C(CC(=O)O)NC(=O)c1ccc(CNS(=O)(=O)c2ccc(O)c(C(=O)O)c2)cc1. The van der Waals surface area contributed by atoms with Gasteiger partial charge >= 0.3 is 11.9 Å². The zero-order valence-corrected chi connectivity index (χ0v) is 23.5. The molecule has 0 heterocycles. The number of carboxylic acid groups (broad SMARTS) is 2. The third-order valence-electron chi connectivity index (χ3n) is 6.03. The summed E-state index contributed by atoms with van der Waals surface area (Å²) in [6.07, 6.45) is -0.573. The predicted octanol–water partition coefficient (Wildman–Crippen LogP) is 2.95. The summed E-state index contributed by atoms with van der Waals surface area (Å²) < 4.78 is 27.5. The fraction of sp³-hybridized carbons (Fsp3) is 0.214. The Balaban J connectivity index is 1.60. The van der Waals surface area contributed by atoms with E-state index in [0.717, 1.165) is 29.3 Å². The minimum atomic E-state index is -4.12. The van der Waals surface area contributed by atoms with Crippen LogP contribution in [0.5, 0.6) is 5.75 Å². The highest BCUT2D eigenvalue weighted by Gasteiger charge is 2.24. The monoisotopic (exact) mass is 600 g/mol. The van der Waals surface area contributed by atoms with Gasteiger partial charge < -0.3 is 20.6 Å². The van der Waals surface area contributed by atoms with Gasteiger partial charge in [0, 0.05) is 17.9 Å². The van der Waals surface area contributed by atoms with Crippen LogP contribution in [0, 0.1) is 6.92 Å². The van der Waals surface area contributed by atoms with Crippen LogP contribution >= 0.6 is 11.8 Å². The lowest BCUT2D eigenvalue weighted by Gasteiger charge is -2.16. The summed E-state index contributed by atoms with van der Waals surface area (Å²) in [6, 6.07) is 15.1. The number of phenols is 1. The van der Waals surface area contributed by atoms with Gasteiger partial charge in [-0.3, -0.25) is 14.4 Å². The molecule has 0 aliphatic heterocycles. The van der Waals surface area contributed by atoms with Crippen molar-refractivity contribution in [1.82, 2.24) is 10.0 Å². The first kappa shape index (κ1) is 31.3. The average Bonchev–Trinajstić information content (AvgIpc) is 2.92. The summed E-state index contributed by atoms with van der Waals surface area (Å²) in [5.74, 6) is -3.80. The molecule has 0 radical (unpaired) electrons. The lowest BCUT2D eigenvalue weighted by Crippen LogP contribution is -2.43. The third-order valence-corrected chi connectivity index (χ3v) is 8.43. The smallest absolute Gasteiger partial charge is 0.339 e. The maximum Gasteiger partial charge on any atom is 0.339 e. The molecule has 11 nitrogen and oxygen atoms in total. The number of Topliss-reactive ketones (excluding diaryl/α,β-unsaturated/α-hetero) is 1. The molecule has 5 N–H and O–H groups in total. The second-order valence-corrected chi connectivity index (χ2v) is 11.8. The van der Waals surface area contributed by atoms with Crippen LogP contribution in [0.1, 0.15) is 43.8 Å². The molecule has 3 aromatic carbocycles. The molecule has 13 heteroatoms. The van der Waals surface area contributed by atoms with E-state index in [1.807, 2.05) is 31.2 Å². The Morgan fingerprint density at radius 1 is 0.951 bits per heavy atom. The van der Waals surface area contributed by atoms with Crippen LogP contribution in [0.15, 0.2) is 71.6 Å². The van der Waals surface area contributed by atoms with Gasteiger partial charge in [-0.2, -0.15) is 0 Å². The van der Waals surface area contributed by atoms with Crippen molar-refractivity contribution in [2.45, 2.75) is 36.6 Å². The number of sulfonamides is 1. The number of aromatic carboxylic acids is 1. The zero-order valence-electron chi connectivity index (χ0n) is 21.9. The van der Waals surface area contributed by atoms with Crippen LogP contribution in [-0.4, -0.2) is 59.2 Å². The molecule has 1 unspecified atom stereocenters. The molecule has 0 aromatic heterocycles. The molecule has 1 amide bonds. The van der Waals surface area contributed by atoms with Crippen LogP contribution in [0.3, 0.4) is 0 Å². The number of carbonyl (C=O) groups is 4. The summed E-state index contributed by atoms with van der Waals surface area (Å²) >= 11 is 1.33. The molecule has 0 bridgehead atoms. The molecular weight excluding hydrogens is 572 g/mol. The van der Waals surface area contributed by atoms with E-state index in [0.29, 0.717) is 11.3 Å². The van der Waals surface area contributed by atoms with Gasteiger partial charge in [0.25, 0.3) is 5.91 Å². The van der Waals surface area contributed by atoms with E-state index in [4.69, 9.17) is 5.11 Å². The Hall–Kier alpha value is -4.20. The molecule has 3 rings (SSSR count). The molecule has 3 aromatic rings. The number of benzene rings is 3. The maximum absolute atomic E-state index is 12.8. The molecule has 0 fully saturated rings. The van der Waals surface area contributed by atoms with E-state index >= 15 is 0 Å². The van der Waals surface area contributed by atoms with Crippen LogP contribution in [0.25, 0.3) is 0 Å². The summed E-state index contributed by atoms with van der Waals surface area (Å²) in [6.45, 7) is 1.77. The van der Waals surface area contributed by atoms with Gasteiger partial charge in [0.1, 0.15) is 11.3 Å². The van der Waals surface area contributed by atoms with Gasteiger partial charge in [0.15, 0.2) is 5.78 Å². The van der Waals surface area contributed by atoms with E-state index in [1.54, 1.807) is 0 Å². The Morgan fingerprint density at radius 2 is 1.63 bits per heavy atom. The number of carbonyl (C=O) groups excluding carboxylic acids is 2. The summed E-state index contributed by atoms with van der Waals surface area (Å²) in [5.41, 5.74) is 2.17. The second-order valence-electron chi connectivity index (χ2n) is 9.02. The summed E-state index contributed by atoms with van der Waals surface area (Å²) in [5, 5.41) is 30.4. The Kier molecular flexibility index (Phi) is 10.6. The number of nitrogens with one attached hydrogen (secondary N) is 2. The molecule has 41 heavy (non-hydrogen) atoms. The number of hydrogen-bond acceptors (Lipinski definition) is 8. The normalized spacial score (nSPS) is 11.9. The molecule has 0 aliphatic carbocycles. The molecule has 0 saturated carbocycles. The number of rotatable bonds is 14. The van der Waals surface area contributed by atoms with Gasteiger partial charge in [-0.05, 0) is 53.9 Å². The lowest BCUT2D eigenvalue weighted by molar-refractivity contribution is -0.139. The second kappa shape index (κ2) is 13.9. The van der Waals surface area contributed by atoms with Crippen LogP contribution in [-0.2, 0) is 31.9 Å². The van der Waals surface area contributed by atoms with Crippen LogP contribution in [0.4, 0.5) is 0 Å². The number of aliphatic carboxylic acids is 1.